The van der Waals surface area contributed by atoms with Crippen LogP contribution in [0.3, 0.4) is 0 Å². The third-order valence-electron chi connectivity index (χ3n) is 5.20. The Kier molecular flexibility index (Phi) is 4.34. The molecule has 1 amide bonds. The molecule has 0 N–H and O–H groups in total. The topological polar surface area (TPSA) is 42.4 Å². The van der Waals surface area contributed by atoms with Gasteiger partial charge in [-0.1, -0.05) is 17.9 Å². The molecule has 4 nitrogen and oxygen atoms in total. The first-order valence-electron chi connectivity index (χ1n) is 8.73. The Balaban J connectivity index is 1.61. The molecule has 0 radical (unpaired) electrons. The normalized spacial score (nSPS) is 20.6. The van der Waals surface area contributed by atoms with Crippen molar-refractivity contribution in [3.63, 3.8) is 0 Å². The molecule has 0 bridgehead atoms. The molecule has 5 heteroatoms. The molecule has 1 fully saturated rings. The minimum atomic E-state index is -0.294. The zero-order chi connectivity index (χ0) is 18.1. The maximum Gasteiger partial charge on any atom is 0.409 e. The summed E-state index contributed by atoms with van der Waals surface area (Å²) in [6, 6.07) is 8.32. The molecule has 4 rings (SSSR count). The lowest BCUT2D eigenvalue weighted by atomic mass is 9.79. The van der Waals surface area contributed by atoms with Gasteiger partial charge in [-0.05, 0) is 48.6 Å². The molecule has 0 spiro atoms. The van der Waals surface area contributed by atoms with Gasteiger partial charge in [0.05, 0.1) is 7.11 Å². The van der Waals surface area contributed by atoms with Crippen molar-refractivity contribution in [2.45, 2.75) is 18.8 Å². The van der Waals surface area contributed by atoms with Gasteiger partial charge in [-0.15, -0.1) is 0 Å². The molecule has 132 valence electrons. The number of aryl methyl sites for hydroxylation is 1. The average molecular weight is 350 g/mol. The number of likely N-dealkylation sites (tertiary alicyclic amines) is 1. The standard InChI is InChI=1S/C21H19FN2O2/c1-26-21(25)24-12-16-7-8-20-18(19(16)13-24)10-15(11-23-20)6-5-14-3-2-4-17(22)9-14/h2-4,9-11,16,19H,7-8,12-13H2,1H3. The number of halogens is 1. The third-order valence-corrected chi connectivity index (χ3v) is 5.20. The molecule has 26 heavy (non-hydrogen) atoms. The first-order valence-corrected chi connectivity index (χ1v) is 8.73. The highest BCUT2D eigenvalue weighted by Gasteiger charge is 2.40. The largest absolute Gasteiger partial charge is 0.453 e. The molecular formula is C21H19FN2O2. The Labute approximate surface area is 152 Å². The highest BCUT2D eigenvalue weighted by Crippen LogP contribution is 2.41. The van der Waals surface area contributed by atoms with E-state index in [0.717, 1.165) is 30.6 Å². The molecule has 1 aromatic heterocycles. The van der Waals surface area contributed by atoms with Crippen LogP contribution in [0.1, 0.15) is 34.7 Å². The third kappa shape index (κ3) is 3.15. The van der Waals surface area contributed by atoms with E-state index in [0.29, 0.717) is 18.0 Å². The maximum absolute atomic E-state index is 13.3. The summed E-state index contributed by atoms with van der Waals surface area (Å²) in [6.45, 7) is 1.39. The van der Waals surface area contributed by atoms with E-state index in [1.807, 2.05) is 0 Å². The lowest BCUT2D eigenvalue weighted by molar-refractivity contribution is 0.131. The number of carbonyl (C=O) groups is 1. The van der Waals surface area contributed by atoms with Gasteiger partial charge >= 0.3 is 6.09 Å². The van der Waals surface area contributed by atoms with Crippen LogP contribution in [-0.2, 0) is 11.2 Å². The second-order valence-electron chi connectivity index (χ2n) is 6.80. The number of rotatable bonds is 0. The summed E-state index contributed by atoms with van der Waals surface area (Å²) in [5.41, 5.74) is 3.72. The van der Waals surface area contributed by atoms with Crippen LogP contribution in [0, 0.1) is 23.6 Å². The summed E-state index contributed by atoms with van der Waals surface area (Å²) in [7, 11) is 1.42. The van der Waals surface area contributed by atoms with Gasteiger partial charge in [-0.25, -0.2) is 9.18 Å². The lowest BCUT2D eigenvalue weighted by Crippen LogP contribution is -2.28. The fourth-order valence-corrected chi connectivity index (χ4v) is 3.94. The smallest absolute Gasteiger partial charge is 0.409 e. The second kappa shape index (κ2) is 6.80. The monoisotopic (exact) mass is 350 g/mol. The SMILES string of the molecule is COC(=O)N1CC2CCc3ncc(C#Cc4cccc(F)c4)cc3C2C1. The zero-order valence-electron chi connectivity index (χ0n) is 14.5. The van der Waals surface area contributed by atoms with Gasteiger partial charge in [-0.3, -0.25) is 4.98 Å². The number of hydrogen-bond acceptors (Lipinski definition) is 3. The highest BCUT2D eigenvalue weighted by molar-refractivity contribution is 5.68. The number of nitrogens with zero attached hydrogens (tertiary/aromatic N) is 2. The van der Waals surface area contributed by atoms with Crippen molar-refractivity contribution in [3.8, 4) is 11.8 Å². The number of benzene rings is 1. The van der Waals surface area contributed by atoms with E-state index in [4.69, 9.17) is 4.74 Å². The summed E-state index contributed by atoms with van der Waals surface area (Å²) in [5.74, 6) is 6.49. The summed E-state index contributed by atoms with van der Waals surface area (Å²) in [6.07, 6.45) is 3.46. The second-order valence-corrected chi connectivity index (χ2v) is 6.80. The van der Waals surface area contributed by atoms with Crippen LogP contribution in [0.5, 0.6) is 0 Å². The van der Waals surface area contributed by atoms with Crippen LogP contribution < -0.4 is 0 Å². The predicted molar refractivity (Wildman–Crippen MR) is 95.1 cm³/mol. The maximum atomic E-state index is 13.3. The van der Waals surface area contributed by atoms with Gasteiger partial charge in [-0.2, -0.15) is 0 Å². The van der Waals surface area contributed by atoms with Gasteiger partial charge in [0.25, 0.3) is 0 Å². The molecule has 1 aliphatic carbocycles. The number of fused-ring (bicyclic) bond motifs is 3. The number of carbonyl (C=O) groups excluding carboxylic acids is 1. The minimum absolute atomic E-state index is 0.268. The Hall–Kier alpha value is -2.87. The van der Waals surface area contributed by atoms with E-state index in [-0.39, 0.29) is 17.8 Å². The quantitative estimate of drug-likeness (QED) is 0.685. The fourth-order valence-electron chi connectivity index (χ4n) is 3.94. The average Bonchev–Trinajstić information content (AvgIpc) is 3.10. The van der Waals surface area contributed by atoms with E-state index in [2.05, 4.69) is 22.9 Å². The molecular weight excluding hydrogens is 331 g/mol. The number of methoxy groups -OCH3 is 1. The van der Waals surface area contributed by atoms with Gasteiger partial charge in [0.2, 0.25) is 0 Å². The number of hydrogen-bond donors (Lipinski definition) is 0. The molecule has 1 aromatic carbocycles. The zero-order valence-corrected chi connectivity index (χ0v) is 14.5. The number of ether oxygens (including phenoxy) is 1. The Morgan fingerprint density at radius 2 is 2.12 bits per heavy atom. The van der Waals surface area contributed by atoms with Crippen molar-refractivity contribution in [1.82, 2.24) is 9.88 Å². The summed E-state index contributed by atoms with van der Waals surface area (Å²) in [4.78, 5) is 18.2. The Bertz CT molecular complexity index is 916. The number of amides is 1. The Morgan fingerprint density at radius 3 is 2.92 bits per heavy atom. The predicted octanol–water partition coefficient (Wildman–Crippen LogP) is 3.35. The molecule has 1 saturated heterocycles. The minimum Gasteiger partial charge on any atom is -0.453 e. The summed E-state index contributed by atoms with van der Waals surface area (Å²) < 4.78 is 18.1. The number of pyridine rings is 1. The number of aromatic nitrogens is 1. The molecule has 0 saturated carbocycles. The molecule has 1 aliphatic heterocycles. The molecule has 2 aromatic rings. The molecule has 2 atom stereocenters. The van der Waals surface area contributed by atoms with Gasteiger partial charge in [0.1, 0.15) is 5.82 Å². The highest BCUT2D eigenvalue weighted by atomic mass is 19.1. The Morgan fingerprint density at radius 1 is 1.27 bits per heavy atom. The van der Waals surface area contributed by atoms with Crippen LogP contribution in [0.25, 0.3) is 0 Å². The van der Waals surface area contributed by atoms with Crippen molar-refractivity contribution in [2.24, 2.45) is 5.92 Å². The van der Waals surface area contributed by atoms with Crippen molar-refractivity contribution in [2.75, 3.05) is 20.2 Å². The van der Waals surface area contributed by atoms with Gasteiger partial charge < -0.3 is 9.64 Å². The van der Waals surface area contributed by atoms with Crippen LogP contribution in [-0.4, -0.2) is 36.2 Å². The summed E-state index contributed by atoms with van der Waals surface area (Å²) >= 11 is 0. The van der Waals surface area contributed by atoms with Crippen LogP contribution >= 0.6 is 0 Å². The van der Waals surface area contributed by atoms with E-state index >= 15 is 0 Å². The van der Waals surface area contributed by atoms with E-state index < -0.39 is 0 Å². The first-order chi connectivity index (χ1) is 12.6. The van der Waals surface area contributed by atoms with Gasteiger partial charge in [0.15, 0.2) is 0 Å². The van der Waals surface area contributed by atoms with E-state index in [1.54, 1.807) is 23.2 Å². The van der Waals surface area contributed by atoms with Crippen molar-refractivity contribution in [3.05, 3.63) is 64.7 Å². The molecule has 2 unspecified atom stereocenters. The lowest BCUT2D eigenvalue weighted by Gasteiger charge is -2.26. The molecule has 2 aliphatic rings. The van der Waals surface area contributed by atoms with E-state index in [9.17, 15) is 9.18 Å². The van der Waals surface area contributed by atoms with E-state index in [1.165, 1.54) is 24.8 Å². The van der Waals surface area contributed by atoms with Crippen molar-refractivity contribution in [1.29, 1.82) is 0 Å². The summed E-state index contributed by atoms with van der Waals surface area (Å²) in [5, 5.41) is 0. The van der Waals surface area contributed by atoms with Crippen molar-refractivity contribution >= 4 is 6.09 Å². The van der Waals surface area contributed by atoms with Crippen LogP contribution in [0.15, 0.2) is 36.5 Å². The first kappa shape index (κ1) is 16.6. The fraction of sp³-hybridized carbons (Fsp3) is 0.333. The molecule has 2 heterocycles. The van der Waals surface area contributed by atoms with Crippen LogP contribution in [0.4, 0.5) is 9.18 Å². The van der Waals surface area contributed by atoms with Crippen LogP contribution in [0.2, 0.25) is 0 Å². The van der Waals surface area contributed by atoms with Gasteiger partial charge in [0, 0.05) is 42.0 Å². The van der Waals surface area contributed by atoms with Crippen molar-refractivity contribution < 1.29 is 13.9 Å².